The highest BCUT2D eigenvalue weighted by atomic mass is 32.2. The first-order chi connectivity index (χ1) is 9.41. The van der Waals surface area contributed by atoms with Crippen LogP contribution in [0.3, 0.4) is 0 Å². The number of likely N-dealkylation sites (tertiary alicyclic amines) is 1. The van der Waals surface area contributed by atoms with Crippen LogP contribution >= 0.6 is 11.8 Å². The van der Waals surface area contributed by atoms with Crippen LogP contribution in [0.25, 0.3) is 0 Å². The van der Waals surface area contributed by atoms with Gasteiger partial charge in [-0.1, -0.05) is 0 Å². The molecule has 0 spiro atoms. The number of nitrogens with zero attached hydrogens (tertiary/aromatic N) is 2. The van der Waals surface area contributed by atoms with Gasteiger partial charge in [-0.25, -0.2) is 4.79 Å². The highest BCUT2D eigenvalue weighted by molar-refractivity contribution is 8.00. The Morgan fingerprint density at radius 3 is 2.60 bits per heavy atom. The molecule has 0 aromatic carbocycles. The zero-order valence-electron chi connectivity index (χ0n) is 11.7. The standard InChI is InChI=1S/C13H20N2O4S/c1-8(16)14-5-3-4-10(6-14)12(17)15-9(2)20-7-11(15)13(18)19/h9-11H,3-7H2,1-2H3,(H,18,19). The van der Waals surface area contributed by atoms with Gasteiger partial charge in [-0.15, -0.1) is 11.8 Å². The molecule has 6 nitrogen and oxygen atoms in total. The molecule has 2 saturated heterocycles. The zero-order valence-corrected chi connectivity index (χ0v) is 12.6. The maximum absolute atomic E-state index is 12.6. The van der Waals surface area contributed by atoms with Crippen molar-refractivity contribution in [1.82, 2.24) is 9.80 Å². The number of carbonyl (C=O) groups is 3. The van der Waals surface area contributed by atoms with Gasteiger partial charge in [-0.3, -0.25) is 9.59 Å². The minimum absolute atomic E-state index is 0.0267. The van der Waals surface area contributed by atoms with Crippen molar-refractivity contribution in [2.75, 3.05) is 18.8 Å². The highest BCUT2D eigenvalue weighted by Gasteiger charge is 2.42. The van der Waals surface area contributed by atoms with Gasteiger partial charge in [0.05, 0.1) is 11.3 Å². The summed E-state index contributed by atoms with van der Waals surface area (Å²) in [7, 11) is 0. The summed E-state index contributed by atoms with van der Waals surface area (Å²) in [5, 5.41) is 9.10. The van der Waals surface area contributed by atoms with E-state index in [4.69, 9.17) is 0 Å². The number of amides is 2. The van der Waals surface area contributed by atoms with Crippen LogP contribution in [0.2, 0.25) is 0 Å². The molecule has 2 aliphatic heterocycles. The smallest absolute Gasteiger partial charge is 0.327 e. The minimum atomic E-state index is -0.950. The molecule has 0 aromatic rings. The van der Waals surface area contributed by atoms with Crippen LogP contribution < -0.4 is 0 Å². The van der Waals surface area contributed by atoms with Crippen molar-refractivity contribution in [1.29, 1.82) is 0 Å². The average molecular weight is 300 g/mol. The Labute approximate surface area is 122 Å². The summed E-state index contributed by atoms with van der Waals surface area (Å²) in [5.41, 5.74) is 0. The molecule has 2 aliphatic rings. The first-order valence-corrected chi connectivity index (χ1v) is 7.88. The third-order valence-electron chi connectivity index (χ3n) is 3.98. The number of piperidine rings is 1. The fourth-order valence-electron chi connectivity index (χ4n) is 2.84. The summed E-state index contributed by atoms with van der Waals surface area (Å²) in [5.74, 6) is -0.933. The predicted octanol–water partition coefficient (Wildman–Crippen LogP) is 0.620. The second-order valence-electron chi connectivity index (χ2n) is 5.34. The van der Waals surface area contributed by atoms with E-state index < -0.39 is 12.0 Å². The van der Waals surface area contributed by atoms with Gasteiger partial charge in [-0.05, 0) is 19.8 Å². The van der Waals surface area contributed by atoms with Gasteiger partial charge >= 0.3 is 5.97 Å². The minimum Gasteiger partial charge on any atom is -0.480 e. The lowest BCUT2D eigenvalue weighted by atomic mass is 9.96. The quantitative estimate of drug-likeness (QED) is 0.809. The Morgan fingerprint density at radius 1 is 1.30 bits per heavy atom. The number of carboxylic acid groups (broad SMARTS) is 1. The molecule has 3 unspecified atom stereocenters. The van der Waals surface area contributed by atoms with Crippen LogP contribution in [0.15, 0.2) is 0 Å². The molecule has 20 heavy (non-hydrogen) atoms. The number of hydrogen-bond donors (Lipinski definition) is 1. The maximum atomic E-state index is 12.6. The molecule has 7 heteroatoms. The first kappa shape index (κ1) is 15.2. The van der Waals surface area contributed by atoms with Gasteiger partial charge in [0.25, 0.3) is 0 Å². The molecule has 2 amide bonds. The van der Waals surface area contributed by atoms with Gasteiger partial charge in [0, 0.05) is 25.8 Å². The largest absolute Gasteiger partial charge is 0.480 e. The molecule has 1 N–H and O–H groups in total. The van der Waals surface area contributed by atoms with Gasteiger partial charge in [0.1, 0.15) is 6.04 Å². The average Bonchev–Trinajstić information content (AvgIpc) is 2.80. The van der Waals surface area contributed by atoms with E-state index in [1.54, 1.807) is 4.90 Å². The molecule has 2 rings (SSSR count). The maximum Gasteiger partial charge on any atom is 0.327 e. The molecule has 3 atom stereocenters. The lowest BCUT2D eigenvalue weighted by Crippen LogP contribution is -2.51. The van der Waals surface area contributed by atoms with Crippen LogP contribution in [0.4, 0.5) is 0 Å². The fraction of sp³-hybridized carbons (Fsp3) is 0.769. The summed E-state index contributed by atoms with van der Waals surface area (Å²) < 4.78 is 0. The Bertz CT molecular complexity index is 429. The molecule has 0 radical (unpaired) electrons. The van der Waals surface area contributed by atoms with E-state index in [0.717, 1.165) is 12.8 Å². The molecular formula is C13H20N2O4S. The zero-order chi connectivity index (χ0) is 14.9. The summed E-state index contributed by atoms with van der Waals surface area (Å²) in [4.78, 5) is 38.4. The van der Waals surface area contributed by atoms with Crippen molar-refractivity contribution in [2.45, 2.75) is 38.1 Å². The lowest BCUT2D eigenvalue weighted by Gasteiger charge is -2.35. The molecule has 0 aliphatic carbocycles. The monoisotopic (exact) mass is 300 g/mol. The molecule has 0 aromatic heterocycles. The normalized spacial score (nSPS) is 30.4. The lowest BCUT2D eigenvalue weighted by molar-refractivity contribution is -0.152. The third kappa shape index (κ3) is 2.92. The molecular weight excluding hydrogens is 280 g/mol. The Kier molecular flexibility index (Phi) is 4.57. The molecule has 112 valence electrons. The molecule has 0 saturated carbocycles. The van der Waals surface area contributed by atoms with E-state index in [0.29, 0.717) is 18.8 Å². The van der Waals surface area contributed by atoms with Gasteiger partial charge < -0.3 is 14.9 Å². The Morgan fingerprint density at radius 2 is 2.00 bits per heavy atom. The summed E-state index contributed by atoms with van der Waals surface area (Å²) in [6, 6.07) is -0.741. The van der Waals surface area contributed by atoms with Crippen molar-refractivity contribution in [3.8, 4) is 0 Å². The van der Waals surface area contributed by atoms with Gasteiger partial charge in [0.15, 0.2) is 0 Å². The third-order valence-corrected chi connectivity index (χ3v) is 5.20. The van der Waals surface area contributed by atoms with Crippen LogP contribution in [0.1, 0.15) is 26.7 Å². The predicted molar refractivity (Wildman–Crippen MR) is 75.2 cm³/mol. The van der Waals surface area contributed by atoms with E-state index in [-0.39, 0.29) is 23.1 Å². The van der Waals surface area contributed by atoms with E-state index in [2.05, 4.69) is 0 Å². The molecule has 0 bridgehead atoms. The van der Waals surface area contributed by atoms with E-state index in [1.165, 1.54) is 23.6 Å². The number of rotatable bonds is 2. The summed E-state index contributed by atoms with van der Waals surface area (Å²) >= 11 is 1.48. The van der Waals surface area contributed by atoms with Crippen molar-refractivity contribution in [3.05, 3.63) is 0 Å². The second kappa shape index (κ2) is 6.03. The van der Waals surface area contributed by atoms with Crippen molar-refractivity contribution < 1.29 is 19.5 Å². The Hall–Kier alpha value is -1.24. The number of carbonyl (C=O) groups excluding carboxylic acids is 2. The number of hydrogen-bond acceptors (Lipinski definition) is 4. The SMILES string of the molecule is CC(=O)N1CCCC(C(=O)N2C(C)SCC2C(=O)O)C1. The van der Waals surface area contributed by atoms with Gasteiger partial charge in [-0.2, -0.15) is 0 Å². The summed E-state index contributed by atoms with van der Waals surface area (Å²) in [6.45, 7) is 4.46. The molecule has 2 heterocycles. The van der Waals surface area contributed by atoms with Crippen LogP contribution in [-0.4, -0.2) is 62.9 Å². The fourth-order valence-corrected chi connectivity index (χ4v) is 4.02. The number of carboxylic acids is 1. The summed E-state index contributed by atoms with van der Waals surface area (Å²) in [6.07, 6.45) is 1.52. The van der Waals surface area contributed by atoms with Gasteiger partial charge in [0.2, 0.25) is 11.8 Å². The topological polar surface area (TPSA) is 77.9 Å². The van der Waals surface area contributed by atoms with Crippen molar-refractivity contribution in [3.63, 3.8) is 0 Å². The van der Waals surface area contributed by atoms with Crippen LogP contribution in [0.5, 0.6) is 0 Å². The van der Waals surface area contributed by atoms with E-state index in [1.807, 2.05) is 6.92 Å². The van der Waals surface area contributed by atoms with Crippen molar-refractivity contribution in [2.24, 2.45) is 5.92 Å². The number of aliphatic carboxylic acids is 1. The molecule has 2 fully saturated rings. The van der Waals surface area contributed by atoms with Crippen LogP contribution in [-0.2, 0) is 14.4 Å². The van der Waals surface area contributed by atoms with Crippen molar-refractivity contribution >= 4 is 29.5 Å². The van der Waals surface area contributed by atoms with Crippen LogP contribution in [0, 0.1) is 5.92 Å². The highest BCUT2D eigenvalue weighted by Crippen LogP contribution is 2.32. The second-order valence-corrected chi connectivity index (χ2v) is 6.69. The number of thioether (sulfide) groups is 1. The Balaban J connectivity index is 2.09. The van der Waals surface area contributed by atoms with E-state index in [9.17, 15) is 19.5 Å². The van der Waals surface area contributed by atoms with E-state index >= 15 is 0 Å². The first-order valence-electron chi connectivity index (χ1n) is 6.84.